The predicted octanol–water partition coefficient (Wildman–Crippen LogP) is 1.21. The van der Waals surface area contributed by atoms with Crippen LogP contribution in [0.2, 0.25) is 0 Å². The van der Waals surface area contributed by atoms with Gasteiger partial charge in [0.25, 0.3) is 5.88 Å². The predicted molar refractivity (Wildman–Crippen MR) is 64.2 cm³/mol. The summed E-state index contributed by atoms with van der Waals surface area (Å²) < 4.78 is 14.9. The normalized spacial score (nSPS) is 12.9. The van der Waals surface area contributed by atoms with Gasteiger partial charge in [0, 0.05) is 12.6 Å². The Kier molecular flexibility index (Phi) is 4.55. The number of amides is 1. The van der Waals surface area contributed by atoms with Crippen LogP contribution in [0, 0.1) is 0 Å². The lowest BCUT2D eigenvalue weighted by atomic mass is 10.2. The third kappa shape index (κ3) is 4.62. The molecule has 0 saturated carbocycles. The summed E-state index contributed by atoms with van der Waals surface area (Å²) in [7, 11) is 1.48. The maximum absolute atomic E-state index is 11.4. The number of carbonyl (C=O) groups is 1. The molecule has 0 aliphatic carbocycles. The van der Waals surface area contributed by atoms with Crippen LogP contribution in [0.25, 0.3) is 0 Å². The second-order valence-electron chi connectivity index (χ2n) is 4.76. The van der Waals surface area contributed by atoms with E-state index in [1.54, 1.807) is 26.8 Å². The van der Waals surface area contributed by atoms with Gasteiger partial charge in [-0.2, -0.15) is 0 Å². The first kappa shape index (κ1) is 14.3. The van der Waals surface area contributed by atoms with E-state index in [1.807, 2.05) is 0 Å². The topological polar surface area (TPSA) is 99.6 Å². The van der Waals surface area contributed by atoms with E-state index in [-0.39, 0.29) is 6.54 Å². The van der Waals surface area contributed by atoms with Crippen LogP contribution in [0.1, 0.15) is 32.6 Å². The Morgan fingerprint density at radius 2 is 2.28 bits per heavy atom. The number of nitrogens with two attached hydrogens (primary N) is 1. The van der Waals surface area contributed by atoms with E-state index in [0.717, 1.165) is 0 Å². The molecule has 0 aliphatic rings. The van der Waals surface area contributed by atoms with Crippen molar-refractivity contribution in [2.45, 2.75) is 32.4 Å². The minimum atomic E-state index is -0.538. The number of methoxy groups -OCH3 is 1. The van der Waals surface area contributed by atoms with Gasteiger partial charge in [-0.1, -0.05) is 0 Å². The number of aromatic nitrogens is 1. The molecule has 0 spiro atoms. The number of carbonyl (C=O) groups excluding carboxylic acids is 1. The molecule has 0 aliphatic heterocycles. The lowest BCUT2D eigenvalue weighted by Gasteiger charge is -2.20. The molecule has 1 heterocycles. The van der Waals surface area contributed by atoms with E-state index in [2.05, 4.69) is 10.5 Å². The molecule has 0 fully saturated rings. The van der Waals surface area contributed by atoms with Crippen LogP contribution < -0.4 is 15.8 Å². The van der Waals surface area contributed by atoms with Gasteiger partial charge in [0.05, 0.1) is 13.2 Å². The van der Waals surface area contributed by atoms with Gasteiger partial charge >= 0.3 is 6.09 Å². The summed E-state index contributed by atoms with van der Waals surface area (Å²) in [5, 5.41) is 6.17. The molecule has 7 nitrogen and oxygen atoms in total. The zero-order valence-corrected chi connectivity index (χ0v) is 11.0. The third-order valence-corrected chi connectivity index (χ3v) is 1.95. The van der Waals surface area contributed by atoms with Gasteiger partial charge in [-0.25, -0.2) is 4.79 Å². The van der Waals surface area contributed by atoms with Crippen molar-refractivity contribution in [3.05, 3.63) is 11.8 Å². The highest BCUT2D eigenvalue weighted by Crippen LogP contribution is 2.16. The number of alkyl carbamates (subject to hydrolysis) is 1. The fraction of sp³-hybridized carbons (Fsp3) is 0.636. The van der Waals surface area contributed by atoms with Crippen LogP contribution in [0.5, 0.6) is 5.88 Å². The monoisotopic (exact) mass is 257 g/mol. The van der Waals surface area contributed by atoms with E-state index in [0.29, 0.717) is 11.6 Å². The second kappa shape index (κ2) is 5.72. The molecule has 1 aromatic rings. The van der Waals surface area contributed by atoms with E-state index < -0.39 is 17.7 Å². The Morgan fingerprint density at radius 1 is 1.61 bits per heavy atom. The molecule has 0 radical (unpaired) electrons. The lowest BCUT2D eigenvalue weighted by Crippen LogP contribution is -2.36. The van der Waals surface area contributed by atoms with Crippen LogP contribution in [0.15, 0.2) is 10.6 Å². The third-order valence-electron chi connectivity index (χ3n) is 1.95. The minimum Gasteiger partial charge on any atom is -0.479 e. The maximum Gasteiger partial charge on any atom is 0.407 e. The summed E-state index contributed by atoms with van der Waals surface area (Å²) in [4.78, 5) is 11.4. The zero-order chi connectivity index (χ0) is 13.8. The van der Waals surface area contributed by atoms with Crippen molar-refractivity contribution in [3.63, 3.8) is 0 Å². The average molecular weight is 257 g/mol. The summed E-state index contributed by atoms with van der Waals surface area (Å²) in [5.41, 5.74) is 5.28. The minimum absolute atomic E-state index is 0.188. The van der Waals surface area contributed by atoms with Crippen LogP contribution in [-0.2, 0) is 4.74 Å². The van der Waals surface area contributed by atoms with E-state index in [1.165, 1.54) is 7.11 Å². The van der Waals surface area contributed by atoms with Gasteiger partial charge in [-0.05, 0) is 25.9 Å². The van der Waals surface area contributed by atoms with Crippen LogP contribution >= 0.6 is 0 Å². The van der Waals surface area contributed by atoms with Crippen molar-refractivity contribution in [2.75, 3.05) is 13.7 Å². The van der Waals surface area contributed by atoms with Crippen molar-refractivity contribution < 1.29 is 18.8 Å². The fourth-order valence-electron chi connectivity index (χ4n) is 1.15. The highest BCUT2D eigenvalue weighted by molar-refractivity contribution is 5.67. The molecular weight excluding hydrogens is 238 g/mol. The van der Waals surface area contributed by atoms with E-state index in [9.17, 15) is 4.79 Å². The number of rotatable bonds is 4. The van der Waals surface area contributed by atoms with Crippen LogP contribution in [0.4, 0.5) is 4.79 Å². The number of hydrogen-bond acceptors (Lipinski definition) is 6. The average Bonchev–Trinajstić information content (AvgIpc) is 2.72. The molecular formula is C11H19N3O4. The summed E-state index contributed by atoms with van der Waals surface area (Å²) in [6.45, 7) is 5.54. The molecule has 0 saturated heterocycles. The van der Waals surface area contributed by atoms with Crippen molar-refractivity contribution in [3.8, 4) is 5.88 Å². The van der Waals surface area contributed by atoms with Crippen molar-refractivity contribution in [1.29, 1.82) is 0 Å². The molecule has 1 aromatic heterocycles. The molecule has 7 heteroatoms. The zero-order valence-electron chi connectivity index (χ0n) is 11.0. The number of ether oxygens (including phenoxy) is 2. The highest BCUT2D eigenvalue weighted by atomic mass is 16.6. The molecule has 0 aromatic carbocycles. The van der Waals surface area contributed by atoms with Gasteiger partial charge < -0.3 is 25.0 Å². The van der Waals surface area contributed by atoms with Gasteiger partial charge in [-0.3, -0.25) is 0 Å². The number of hydrogen-bond donors (Lipinski definition) is 2. The lowest BCUT2D eigenvalue weighted by molar-refractivity contribution is 0.0523. The Balaban J connectivity index is 2.41. The first-order valence-corrected chi connectivity index (χ1v) is 5.55. The fourth-order valence-corrected chi connectivity index (χ4v) is 1.15. The highest BCUT2D eigenvalue weighted by Gasteiger charge is 2.18. The van der Waals surface area contributed by atoms with Crippen LogP contribution in [0.3, 0.4) is 0 Å². The molecule has 102 valence electrons. The van der Waals surface area contributed by atoms with Gasteiger partial charge in [0.1, 0.15) is 5.60 Å². The summed E-state index contributed by atoms with van der Waals surface area (Å²) >= 11 is 0. The van der Waals surface area contributed by atoms with Gasteiger partial charge in [0.15, 0.2) is 5.76 Å². The maximum atomic E-state index is 11.4. The molecule has 18 heavy (non-hydrogen) atoms. The molecule has 1 amide bonds. The summed E-state index contributed by atoms with van der Waals surface area (Å²) in [6, 6.07) is 1.07. The quantitative estimate of drug-likeness (QED) is 0.841. The molecule has 1 unspecified atom stereocenters. The summed E-state index contributed by atoms with van der Waals surface area (Å²) in [6.07, 6.45) is -0.524. The number of nitrogens with zero attached hydrogens (tertiary/aromatic N) is 1. The Hall–Kier alpha value is -1.76. The van der Waals surface area contributed by atoms with Crippen molar-refractivity contribution >= 4 is 6.09 Å². The van der Waals surface area contributed by atoms with E-state index >= 15 is 0 Å². The SMILES string of the molecule is COc1cc(C(N)CNC(=O)OC(C)(C)C)on1. The van der Waals surface area contributed by atoms with Crippen molar-refractivity contribution in [2.24, 2.45) is 5.73 Å². The Morgan fingerprint density at radius 3 is 2.78 bits per heavy atom. The molecule has 1 rings (SSSR count). The molecule has 1 atom stereocenters. The van der Waals surface area contributed by atoms with Crippen LogP contribution in [-0.4, -0.2) is 30.5 Å². The Bertz CT molecular complexity index is 397. The Labute approximate surface area is 106 Å². The largest absolute Gasteiger partial charge is 0.479 e. The second-order valence-corrected chi connectivity index (χ2v) is 4.76. The molecule has 3 N–H and O–H groups in total. The number of nitrogens with one attached hydrogen (secondary N) is 1. The molecule has 0 bridgehead atoms. The first-order chi connectivity index (χ1) is 8.31. The van der Waals surface area contributed by atoms with E-state index in [4.69, 9.17) is 19.7 Å². The van der Waals surface area contributed by atoms with Gasteiger partial charge in [0.2, 0.25) is 0 Å². The smallest absolute Gasteiger partial charge is 0.407 e. The summed E-state index contributed by atoms with van der Waals surface area (Å²) in [5.74, 6) is 0.778. The standard InChI is InChI=1S/C11H19N3O4/c1-11(2,3)17-10(15)13-6-7(12)8-5-9(16-4)14-18-8/h5,7H,6,12H2,1-4H3,(H,13,15). The van der Waals surface area contributed by atoms with Gasteiger partial charge in [-0.15, -0.1) is 0 Å². The first-order valence-electron chi connectivity index (χ1n) is 5.55. The van der Waals surface area contributed by atoms with Crippen molar-refractivity contribution in [1.82, 2.24) is 10.5 Å².